The summed E-state index contributed by atoms with van der Waals surface area (Å²) in [4.78, 5) is 4.43. The van der Waals surface area contributed by atoms with Crippen molar-refractivity contribution in [2.75, 3.05) is 20.8 Å². The molecule has 2 heterocycles. The van der Waals surface area contributed by atoms with E-state index in [2.05, 4.69) is 11.1 Å². The molecule has 21 heavy (non-hydrogen) atoms. The van der Waals surface area contributed by atoms with Crippen LogP contribution in [-0.4, -0.2) is 25.8 Å². The van der Waals surface area contributed by atoms with Crippen molar-refractivity contribution in [3.8, 4) is 17.2 Å². The van der Waals surface area contributed by atoms with Crippen molar-refractivity contribution in [3.05, 3.63) is 47.8 Å². The molecule has 4 nitrogen and oxygen atoms in total. The molecule has 3 rings (SSSR count). The summed E-state index contributed by atoms with van der Waals surface area (Å²) in [7, 11) is 3.35. The maximum Gasteiger partial charge on any atom is 0.140 e. The summed E-state index contributed by atoms with van der Waals surface area (Å²) in [6, 6.07) is 9.85. The van der Waals surface area contributed by atoms with Crippen LogP contribution in [0, 0.1) is 5.92 Å². The molecular weight excluding hydrogens is 266 g/mol. The average Bonchev–Trinajstić information content (AvgIpc) is 2.55. The molecule has 0 bridgehead atoms. The van der Waals surface area contributed by atoms with Gasteiger partial charge in [0, 0.05) is 18.2 Å². The maximum absolute atomic E-state index is 5.88. The number of pyridine rings is 1. The van der Waals surface area contributed by atoms with Crippen molar-refractivity contribution < 1.29 is 14.2 Å². The van der Waals surface area contributed by atoms with Crippen molar-refractivity contribution in [1.82, 2.24) is 4.98 Å². The Labute approximate surface area is 124 Å². The number of ether oxygens (including phenoxy) is 3. The molecule has 1 atom stereocenters. The lowest BCUT2D eigenvalue weighted by Crippen LogP contribution is -2.23. The Balaban J connectivity index is 1.74. The van der Waals surface area contributed by atoms with Crippen molar-refractivity contribution in [2.45, 2.75) is 12.8 Å². The van der Waals surface area contributed by atoms with E-state index in [4.69, 9.17) is 14.2 Å². The zero-order valence-corrected chi connectivity index (χ0v) is 12.3. The van der Waals surface area contributed by atoms with E-state index in [9.17, 15) is 0 Å². The number of hydrogen-bond acceptors (Lipinski definition) is 4. The molecule has 1 unspecified atom stereocenters. The lowest BCUT2D eigenvalue weighted by atomic mass is 9.92. The zero-order valence-electron chi connectivity index (χ0n) is 12.3. The lowest BCUT2D eigenvalue weighted by Gasteiger charge is -2.25. The first kappa shape index (κ1) is 13.7. The summed E-state index contributed by atoms with van der Waals surface area (Å²) in [6.07, 6.45) is 3.65. The first-order chi connectivity index (χ1) is 10.3. The number of rotatable bonds is 4. The van der Waals surface area contributed by atoms with Gasteiger partial charge in [-0.3, -0.25) is 4.98 Å². The first-order valence-electron chi connectivity index (χ1n) is 7.07. The number of benzene rings is 1. The zero-order chi connectivity index (χ0) is 14.7. The van der Waals surface area contributed by atoms with Gasteiger partial charge in [-0.2, -0.15) is 0 Å². The lowest BCUT2D eigenvalue weighted by molar-refractivity contribution is 0.218. The summed E-state index contributed by atoms with van der Waals surface area (Å²) >= 11 is 0. The Kier molecular flexibility index (Phi) is 3.95. The topological polar surface area (TPSA) is 40.6 Å². The molecule has 0 aliphatic carbocycles. The van der Waals surface area contributed by atoms with Gasteiger partial charge in [0.25, 0.3) is 0 Å². The van der Waals surface area contributed by atoms with Gasteiger partial charge in [0.1, 0.15) is 17.2 Å². The van der Waals surface area contributed by atoms with E-state index in [1.54, 1.807) is 20.4 Å². The SMILES string of the molecule is COc1ccc2c(c1)OCC(Cc1ncccc1OC)C2. The molecule has 4 heteroatoms. The molecule has 1 aliphatic heterocycles. The Hall–Kier alpha value is -2.23. The predicted molar refractivity (Wildman–Crippen MR) is 80.2 cm³/mol. The minimum Gasteiger partial charge on any atom is -0.497 e. The highest BCUT2D eigenvalue weighted by Crippen LogP contribution is 2.32. The third-order valence-electron chi connectivity index (χ3n) is 3.81. The molecule has 110 valence electrons. The van der Waals surface area contributed by atoms with Crippen LogP contribution in [0.3, 0.4) is 0 Å². The van der Waals surface area contributed by atoms with Crippen LogP contribution in [0.2, 0.25) is 0 Å². The van der Waals surface area contributed by atoms with E-state index in [1.165, 1.54) is 5.56 Å². The molecule has 0 saturated heterocycles. The number of hydrogen-bond donors (Lipinski definition) is 0. The van der Waals surface area contributed by atoms with Crippen molar-refractivity contribution in [2.24, 2.45) is 5.92 Å². The maximum atomic E-state index is 5.88. The molecule has 0 saturated carbocycles. The third-order valence-corrected chi connectivity index (χ3v) is 3.81. The van der Waals surface area contributed by atoms with E-state index in [0.29, 0.717) is 12.5 Å². The fraction of sp³-hybridized carbons (Fsp3) is 0.353. The van der Waals surface area contributed by atoms with Crippen LogP contribution in [-0.2, 0) is 12.8 Å². The summed E-state index contributed by atoms with van der Waals surface area (Å²) < 4.78 is 16.5. The molecule has 0 radical (unpaired) electrons. The molecule has 0 fully saturated rings. The largest absolute Gasteiger partial charge is 0.497 e. The van der Waals surface area contributed by atoms with Crippen LogP contribution >= 0.6 is 0 Å². The number of aromatic nitrogens is 1. The van der Waals surface area contributed by atoms with E-state index < -0.39 is 0 Å². The first-order valence-corrected chi connectivity index (χ1v) is 7.07. The van der Waals surface area contributed by atoms with Gasteiger partial charge in [-0.05, 0) is 36.6 Å². The van der Waals surface area contributed by atoms with Gasteiger partial charge in [-0.25, -0.2) is 0 Å². The fourth-order valence-corrected chi connectivity index (χ4v) is 2.71. The number of methoxy groups -OCH3 is 2. The van der Waals surface area contributed by atoms with E-state index >= 15 is 0 Å². The smallest absolute Gasteiger partial charge is 0.140 e. The second-order valence-corrected chi connectivity index (χ2v) is 5.21. The van der Waals surface area contributed by atoms with Crippen molar-refractivity contribution >= 4 is 0 Å². The van der Waals surface area contributed by atoms with Crippen LogP contribution in [0.1, 0.15) is 11.3 Å². The number of fused-ring (bicyclic) bond motifs is 1. The van der Waals surface area contributed by atoms with Gasteiger partial charge in [0.05, 0.1) is 26.5 Å². The predicted octanol–water partition coefficient (Wildman–Crippen LogP) is 2.89. The number of nitrogens with zero attached hydrogens (tertiary/aromatic N) is 1. The molecule has 2 aromatic rings. The highest BCUT2D eigenvalue weighted by molar-refractivity contribution is 5.42. The molecule has 1 aromatic heterocycles. The Bertz CT molecular complexity index is 627. The molecular formula is C17H19NO3. The van der Waals surface area contributed by atoms with E-state index in [1.807, 2.05) is 24.3 Å². The van der Waals surface area contributed by atoms with Gasteiger partial charge in [-0.15, -0.1) is 0 Å². The van der Waals surface area contributed by atoms with Crippen LogP contribution in [0.15, 0.2) is 36.5 Å². The highest BCUT2D eigenvalue weighted by atomic mass is 16.5. The van der Waals surface area contributed by atoms with E-state index in [-0.39, 0.29) is 0 Å². The quantitative estimate of drug-likeness (QED) is 0.866. The van der Waals surface area contributed by atoms with Gasteiger partial charge < -0.3 is 14.2 Å². The van der Waals surface area contributed by atoms with Gasteiger partial charge in [0.15, 0.2) is 0 Å². The molecule has 1 aromatic carbocycles. The van der Waals surface area contributed by atoms with Gasteiger partial charge in [0.2, 0.25) is 0 Å². The van der Waals surface area contributed by atoms with Gasteiger partial charge in [-0.1, -0.05) is 6.07 Å². The molecule has 0 spiro atoms. The monoisotopic (exact) mass is 285 g/mol. The fourth-order valence-electron chi connectivity index (χ4n) is 2.71. The molecule has 1 aliphatic rings. The molecule has 0 amide bonds. The van der Waals surface area contributed by atoms with Crippen LogP contribution in [0.25, 0.3) is 0 Å². The van der Waals surface area contributed by atoms with Crippen LogP contribution in [0.4, 0.5) is 0 Å². The second kappa shape index (κ2) is 6.04. The van der Waals surface area contributed by atoms with E-state index in [0.717, 1.165) is 35.8 Å². The summed E-state index contributed by atoms with van der Waals surface area (Å²) in [5, 5.41) is 0. The Morgan fingerprint density at radius 2 is 2.14 bits per heavy atom. The van der Waals surface area contributed by atoms with Crippen molar-refractivity contribution in [3.63, 3.8) is 0 Å². The minimum atomic E-state index is 0.412. The standard InChI is InChI=1S/C17H19NO3/c1-19-14-6-5-13-8-12(11-21-17(13)10-14)9-15-16(20-2)4-3-7-18-15/h3-7,10,12H,8-9,11H2,1-2H3. The minimum absolute atomic E-state index is 0.412. The summed E-state index contributed by atoms with van der Waals surface area (Å²) in [5.41, 5.74) is 2.22. The third kappa shape index (κ3) is 2.94. The van der Waals surface area contributed by atoms with Crippen molar-refractivity contribution in [1.29, 1.82) is 0 Å². The summed E-state index contributed by atoms with van der Waals surface area (Å²) in [5.74, 6) is 3.02. The Morgan fingerprint density at radius 3 is 2.95 bits per heavy atom. The molecule has 0 N–H and O–H groups in total. The average molecular weight is 285 g/mol. The Morgan fingerprint density at radius 1 is 1.24 bits per heavy atom. The van der Waals surface area contributed by atoms with Crippen LogP contribution < -0.4 is 14.2 Å². The highest BCUT2D eigenvalue weighted by Gasteiger charge is 2.22. The van der Waals surface area contributed by atoms with Gasteiger partial charge >= 0.3 is 0 Å². The summed E-state index contributed by atoms with van der Waals surface area (Å²) in [6.45, 7) is 0.694. The second-order valence-electron chi connectivity index (χ2n) is 5.21. The van der Waals surface area contributed by atoms with Crippen LogP contribution in [0.5, 0.6) is 17.2 Å². The normalized spacial score (nSPS) is 16.8.